The van der Waals surface area contributed by atoms with E-state index in [0.717, 1.165) is 25.7 Å². The van der Waals surface area contributed by atoms with Crippen LogP contribution in [0, 0.1) is 0 Å². The van der Waals surface area contributed by atoms with Gasteiger partial charge >= 0.3 is 0 Å². The van der Waals surface area contributed by atoms with E-state index in [-0.39, 0.29) is 13.0 Å². The smallest absolute Gasteiger partial charge is 0.238 e. The molecule has 0 bridgehead atoms. The third-order valence-corrected chi connectivity index (χ3v) is 1.58. The van der Waals surface area contributed by atoms with Crippen molar-refractivity contribution in [2.75, 3.05) is 6.61 Å². The Labute approximate surface area is 66.4 Å². The molecule has 0 saturated carbocycles. The first kappa shape index (κ1) is 10.8. The molecule has 0 unspecified atom stereocenters. The molecule has 0 radical (unpaired) electrons. The third kappa shape index (κ3) is 9.82. The van der Waals surface area contributed by atoms with Crippen LogP contribution in [0.25, 0.3) is 0 Å². The minimum atomic E-state index is -2.15. The molecule has 0 spiro atoms. The maximum atomic E-state index is 11.6. The Bertz CT molecular complexity index is 76.5. The lowest BCUT2D eigenvalue weighted by atomic mass is 10.1. The molecule has 11 heavy (non-hydrogen) atoms. The van der Waals surface area contributed by atoms with Crippen LogP contribution in [-0.4, -0.2) is 18.1 Å². The highest BCUT2D eigenvalue weighted by Crippen LogP contribution is 2.09. The average Bonchev–Trinajstić information content (AvgIpc) is 1.96. The average molecular weight is 166 g/mol. The van der Waals surface area contributed by atoms with Crippen molar-refractivity contribution in [1.29, 1.82) is 0 Å². The minimum absolute atomic E-state index is 0.0269. The molecule has 0 aromatic heterocycles. The second-order valence-electron chi connectivity index (χ2n) is 2.67. The Morgan fingerprint density at radius 3 is 2.00 bits per heavy atom. The van der Waals surface area contributed by atoms with Crippen LogP contribution in [0.15, 0.2) is 0 Å². The molecule has 0 saturated heterocycles. The zero-order valence-corrected chi connectivity index (χ0v) is 6.73. The number of alkyl halides is 2. The van der Waals surface area contributed by atoms with E-state index in [2.05, 4.69) is 0 Å². The van der Waals surface area contributed by atoms with Crippen LogP contribution >= 0.6 is 0 Å². The molecule has 1 nitrogen and oxygen atoms in total. The number of aliphatic hydroxyl groups is 1. The molecule has 0 aliphatic rings. The Kier molecular flexibility index (Phi) is 7.79. The molecule has 68 valence electrons. The monoisotopic (exact) mass is 166 g/mol. The molecule has 0 rings (SSSR count). The van der Waals surface area contributed by atoms with Crippen molar-refractivity contribution in [1.82, 2.24) is 0 Å². The van der Waals surface area contributed by atoms with E-state index < -0.39 is 6.43 Å². The summed E-state index contributed by atoms with van der Waals surface area (Å²) in [7, 11) is 0. The van der Waals surface area contributed by atoms with Gasteiger partial charge in [-0.1, -0.05) is 19.3 Å². The van der Waals surface area contributed by atoms with Crippen LogP contribution in [0.2, 0.25) is 0 Å². The molecular formula is C8H16F2O. The van der Waals surface area contributed by atoms with Gasteiger partial charge < -0.3 is 5.11 Å². The summed E-state index contributed by atoms with van der Waals surface area (Å²) in [6.07, 6.45) is 2.08. The summed E-state index contributed by atoms with van der Waals surface area (Å²) >= 11 is 0. The number of rotatable bonds is 7. The fourth-order valence-electron chi connectivity index (χ4n) is 0.941. The van der Waals surface area contributed by atoms with Crippen molar-refractivity contribution in [2.45, 2.75) is 45.0 Å². The van der Waals surface area contributed by atoms with E-state index in [0.29, 0.717) is 6.42 Å². The molecule has 1 N–H and O–H groups in total. The quantitative estimate of drug-likeness (QED) is 0.576. The normalized spacial score (nSPS) is 10.9. The minimum Gasteiger partial charge on any atom is -0.396 e. The van der Waals surface area contributed by atoms with Crippen LogP contribution in [0.1, 0.15) is 38.5 Å². The van der Waals surface area contributed by atoms with Crippen LogP contribution in [-0.2, 0) is 0 Å². The number of aliphatic hydroxyl groups excluding tert-OH is 1. The van der Waals surface area contributed by atoms with Gasteiger partial charge in [-0.3, -0.25) is 0 Å². The first-order valence-corrected chi connectivity index (χ1v) is 4.16. The molecule has 0 fully saturated rings. The van der Waals surface area contributed by atoms with Gasteiger partial charge in [-0.2, -0.15) is 0 Å². The molecule has 0 aromatic rings. The Balaban J connectivity index is 2.80. The molecule has 0 aliphatic carbocycles. The van der Waals surface area contributed by atoms with E-state index in [1.807, 2.05) is 0 Å². The maximum absolute atomic E-state index is 11.6. The summed E-state index contributed by atoms with van der Waals surface area (Å²) in [4.78, 5) is 0. The van der Waals surface area contributed by atoms with Gasteiger partial charge in [0.1, 0.15) is 0 Å². The van der Waals surface area contributed by atoms with E-state index in [1.54, 1.807) is 0 Å². The molecule has 0 amide bonds. The lowest BCUT2D eigenvalue weighted by molar-refractivity contribution is 0.133. The van der Waals surface area contributed by atoms with Crippen molar-refractivity contribution < 1.29 is 13.9 Å². The van der Waals surface area contributed by atoms with Gasteiger partial charge in [-0.05, 0) is 12.8 Å². The van der Waals surface area contributed by atoms with Crippen molar-refractivity contribution in [2.24, 2.45) is 0 Å². The second kappa shape index (κ2) is 7.92. The van der Waals surface area contributed by atoms with Crippen molar-refractivity contribution in [3.63, 3.8) is 0 Å². The van der Waals surface area contributed by atoms with E-state index >= 15 is 0 Å². The van der Waals surface area contributed by atoms with Crippen molar-refractivity contribution in [3.05, 3.63) is 0 Å². The summed E-state index contributed by atoms with van der Waals surface area (Å²) < 4.78 is 23.1. The summed E-state index contributed by atoms with van der Waals surface area (Å²) in [6, 6.07) is 0. The van der Waals surface area contributed by atoms with Crippen LogP contribution in [0.5, 0.6) is 0 Å². The molecule has 0 atom stereocenters. The Morgan fingerprint density at radius 2 is 1.45 bits per heavy atom. The Morgan fingerprint density at radius 1 is 0.909 bits per heavy atom. The van der Waals surface area contributed by atoms with E-state index in [9.17, 15) is 8.78 Å². The van der Waals surface area contributed by atoms with Gasteiger partial charge in [-0.15, -0.1) is 0 Å². The topological polar surface area (TPSA) is 20.2 Å². The SMILES string of the molecule is OCCCCCCCC(F)F. The predicted octanol–water partition coefficient (Wildman–Crippen LogP) is 2.58. The van der Waals surface area contributed by atoms with Gasteiger partial charge in [0.25, 0.3) is 0 Å². The number of hydrogen-bond acceptors (Lipinski definition) is 1. The highest BCUT2D eigenvalue weighted by molar-refractivity contribution is 4.45. The summed E-state index contributed by atoms with van der Waals surface area (Å²) in [6.45, 7) is 0.217. The standard InChI is InChI=1S/C8H16F2O/c9-8(10)6-4-2-1-3-5-7-11/h8,11H,1-7H2. The second-order valence-corrected chi connectivity index (χ2v) is 2.67. The lowest BCUT2D eigenvalue weighted by Gasteiger charge is -1.99. The van der Waals surface area contributed by atoms with E-state index in [1.165, 1.54) is 0 Å². The van der Waals surface area contributed by atoms with Crippen molar-refractivity contribution >= 4 is 0 Å². The zero-order valence-electron chi connectivity index (χ0n) is 6.73. The highest BCUT2D eigenvalue weighted by atomic mass is 19.3. The molecular weight excluding hydrogens is 150 g/mol. The zero-order chi connectivity index (χ0) is 8.53. The molecule has 0 heterocycles. The van der Waals surface area contributed by atoms with Crippen molar-refractivity contribution in [3.8, 4) is 0 Å². The predicted molar refractivity (Wildman–Crippen MR) is 40.8 cm³/mol. The number of unbranched alkanes of at least 4 members (excludes halogenated alkanes) is 4. The van der Waals surface area contributed by atoms with Gasteiger partial charge in [-0.25, -0.2) is 8.78 Å². The van der Waals surface area contributed by atoms with Gasteiger partial charge in [0.05, 0.1) is 0 Å². The number of hydrogen-bond donors (Lipinski definition) is 1. The summed E-state index contributed by atoms with van der Waals surface area (Å²) in [5.41, 5.74) is 0. The fraction of sp³-hybridized carbons (Fsp3) is 1.00. The molecule has 0 aromatic carbocycles. The van der Waals surface area contributed by atoms with Gasteiger partial charge in [0.15, 0.2) is 0 Å². The van der Waals surface area contributed by atoms with Crippen LogP contribution in [0.4, 0.5) is 8.78 Å². The lowest BCUT2D eigenvalue weighted by Crippen LogP contribution is -1.90. The van der Waals surface area contributed by atoms with Crippen LogP contribution in [0.3, 0.4) is 0 Å². The largest absolute Gasteiger partial charge is 0.396 e. The highest BCUT2D eigenvalue weighted by Gasteiger charge is 2.00. The maximum Gasteiger partial charge on any atom is 0.238 e. The Hall–Kier alpha value is -0.180. The fourth-order valence-corrected chi connectivity index (χ4v) is 0.941. The van der Waals surface area contributed by atoms with E-state index in [4.69, 9.17) is 5.11 Å². The first-order chi connectivity index (χ1) is 5.27. The summed E-state index contributed by atoms with van der Waals surface area (Å²) in [5.74, 6) is 0. The third-order valence-electron chi connectivity index (χ3n) is 1.58. The molecule has 3 heteroatoms. The molecule has 0 aliphatic heterocycles. The first-order valence-electron chi connectivity index (χ1n) is 4.16. The van der Waals surface area contributed by atoms with Crippen LogP contribution < -0.4 is 0 Å². The van der Waals surface area contributed by atoms with Gasteiger partial charge in [0.2, 0.25) is 6.43 Å². The summed E-state index contributed by atoms with van der Waals surface area (Å²) in [5, 5.41) is 8.39. The van der Waals surface area contributed by atoms with Gasteiger partial charge in [0, 0.05) is 13.0 Å². The number of halogens is 2.